The average molecular weight is 290 g/mol. The monoisotopic (exact) mass is 289 g/mol. The third-order valence-corrected chi connectivity index (χ3v) is 4.24. The van der Waals surface area contributed by atoms with E-state index < -0.39 is 5.82 Å². The Bertz CT molecular complexity index is 412. The van der Waals surface area contributed by atoms with Gasteiger partial charge in [-0.25, -0.2) is 4.39 Å². The molecule has 0 radical (unpaired) electrons. The molecule has 18 heavy (non-hydrogen) atoms. The number of hydrogen-bond acceptors (Lipinski definition) is 1. The zero-order valence-corrected chi connectivity index (χ0v) is 12.2. The van der Waals surface area contributed by atoms with Crippen LogP contribution >= 0.6 is 23.2 Å². The second-order valence-electron chi connectivity index (χ2n) is 5.84. The van der Waals surface area contributed by atoms with Crippen LogP contribution in [-0.2, 0) is 0 Å². The van der Waals surface area contributed by atoms with Crippen molar-refractivity contribution in [3.05, 3.63) is 28.0 Å². The third-order valence-electron chi connectivity index (χ3n) is 3.69. The average Bonchev–Trinajstić information content (AvgIpc) is 2.29. The summed E-state index contributed by atoms with van der Waals surface area (Å²) in [5, 5.41) is 3.53. The van der Waals surface area contributed by atoms with Crippen molar-refractivity contribution in [1.82, 2.24) is 0 Å². The lowest BCUT2D eigenvalue weighted by molar-refractivity contribution is 0.232. The van der Waals surface area contributed by atoms with E-state index in [4.69, 9.17) is 23.2 Å². The van der Waals surface area contributed by atoms with Crippen LogP contribution in [0.5, 0.6) is 0 Å². The maximum atomic E-state index is 13.3. The van der Waals surface area contributed by atoms with E-state index in [1.807, 2.05) is 0 Å². The first-order valence-electron chi connectivity index (χ1n) is 6.28. The van der Waals surface area contributed by atoms with Gasteiger partial charge in [0.2, 0.25) is 0 Å². The van der Waals surface area contributed by atoms with E-state index in [0.29, 0.717) is 11.5 Å². The highest BCUT2D eigenvalue weighted by Crippen LogP contribution is 2.36. The number of nitrogens with one attached hydrogen (secondary N) is 1. The van der Waals surface area contributed by atoms with Crippen molar-refractivity contribution in [1.29, 1.82) is 0 Å². The van der Waals surface area contributed by atoms with Gasteiger partial charge in [-0.15, -0.1) is 0 Å². The van der Waals surface area contributed by atoms with Crippen LogP contribution in [0.25, 0.3) is 0 Å². The molecule has 0 aliphatic heterocycles. The highest BCUT2D eigenvalue weighted by atomic mass is 35.5. The van der Waals surface area contributed by atoms with Gasteiger partial charge in [0.25, 0.3) is 0 Å². The number of halogens is 3. The zero-order chi connectivity index (χ0) is 13.3. The highest BCUT2D eigenvalue weighted by Gasteiger charge is 2.26. The maximum absolute atomic E-state index is 13.3. The molecular weight excluding hydrogens is 272 g/mol. The van der Waals surface area contributed by atoms with E-state index in [1.165, 1.54) is 12.8 Å². The van der Waals surface area contributed by atoms with Gasteiger partial charge in [-0.2, -0.15) is 0 Å². The first-order chi connectivity index (χ1) is 8.37. The number of benzene rings is 1. The molecule has 1 aliphatic carbocycles. The smallest absolute Gasteiger partial charge is 0.160 e. The fourth-order valence-corrected chi connectivity index (χ4v) is 2.91. The number of rotatable bonds is 2. The van der Waals surface area contributed by atoms with Gasteiger partial charge in [0, 0.05) is 11.7 Å². The number of hydrogen-bond donors (Lipinski definition) is 1. The molecule has 1 saturated carbocycles. The molecule has 0 aromatic heterocycles. The van der Waals surface area contributed by atoms with E-state index in [9.17, 15) is 4.39 Å². The summed E-state index contributed by atoms with van der Waals surface area (Å²) in [5.74, 6) is -0.548. The van der Waals surface area contributed by atoms with Gasteiger partial charge in [-0.05, 0) is 43.2 Å². The Morgan fingerprint density at radius 1 is 1.17 bits per heavy atom. The van der Waals surface area contributed by atoms with Crippen LogP contribution in [-0.4, -0.2) is 6.04 Å². The standard InChI is InChI=1S/C14H18Cl2FN/c1-14(2)5-3-9(4-6-14)18-10-7-11(15)13(17)12(16)8-10/h7-9,18H,3-6H2,1-2H3. The molecule has 1 aliphatic rings. The Kier molecular flexibility index (Phi) is 4.08. The summed E-state index contributed by atoms with van der Waals surface area (Å²) in [6, 6.07) is 3.63. The second-order valence-corrected chi connectivity index (χ2v) is 6.65. The molecule has 1 aromatic carbocycles. The minimum absolute atomic E-state index is 0.0705. The SMILES string of the molecule is CC1(C)CCC(Nc2cc(Cl)c(F)c(Cl)c2)CC1. The second kappa shape index (κ2) is 5.26. The van der Waals surface area contributed by atoms with Crippen LogP contribution in [0.15, 0.2) is 12.1 Å². The Morgan fingerprint density at radius 2 is 1.67 bits per heavy atom. The minimum atomic E-state index is -0.548. The zero-order valence-electron chi connectivity index (χ0n) is 10.7. The Labute approximate surface area is 118 Å². The van der Waals surface area contributed by atoms with Crippen LogP contribution < -0.4 is 5.32 Å². The largest absolute Gasteiger partial charge is 0.382 e. The predicted molar refractivity (Wildman–Crippen MR) is 76.1 cm³/mol. The lowest BCUT2D eigenvalue weighted by atomic mass is 9.75. The molecule has 0 bridgehead atoms. The maximum Gasteiger partial charge on any atom is 0.160 e. The summed E-state index contributed by atoms with van der Waals surface area (Å²) in [5.41, 5.74) is 1.24. The van der Waals surface area contributed by atoms with Crippen LogP contribution in [0, 0.1) is 11.2 Å². The van der Waals surface area contributed by atoms with Crippen LogP contribution in [0.3, 0.4) is 0 Å². The number of anilines is 1. The molecule has 1 N–H and O–H groups in total. The molecule has 4 heteroatoms. The third kappa shape index (κ3) is 3.30. The lowest BCUT2D eigenvalue weighted by Crippen LogP contribution is -2.29. The first-order valence-corrected chi connectivity index (χ1v) is 7.04. The minimum Gasteiger partial charge on any atom is -0.382 e. The molecule has 0 amide bonds. The van der Waals surface area contributed by atoms with Crippen LogP contribution in [0.1, 0.15) is 39.5 Å². The topological polar surface area (TPSA) is 12.0 Å². The van der Waals surface area contributed by atoms with Gasteiger partial charge in [0.1, 0.15) is 0 Å². The Balaban J connectivity index is 2.03. The van der Waals surface area contributed by atoms with Gasteiger partial charge in [0.05, 0.1) is 10.0 Å². The van der Waals surface area contributed by atoms with Gasteiger partial charge >= 0.3 is 0 Å². The quantitative estimate of drug-likeness (QED) is 0.708. The van der Waals surface area contributed by atoms with Gasteiger partial charge in [-0.1, -0.05) is 37.0 Å². The molecule has 1 aromatic rings. The van der Waals surface area contributed by atoms with Gasteiger partial charge < -0.3 is 5.32 Å². The van der Waals surface area contributed by atoms with Crippen molar-refractivity contribution in [2.75, 3.05) is 5.32 Å². The molecule has 100 valence electrons. The van der Waals surface area contributed by atoms with E-state index in [2.05, 4.69) is 19.2 Å². The Morgan fingerprint density at radius 3 is 2.17 bits per heavy atom. The normalized spacial score (nSPS) is 19.8. The van der Waals surface area contributed by atoms with E-state index in [0.717, 1.165) is 18.5 Å². The highest BCUT2D eigenvalue weighted by molar-refractivity contribution is 6.35. The summed E-state index contributed by atoms with van der Waals surface area (Å²) in [6.07, 6.45) is 4.65. The van der Waals surface area contributed by atoms with Crippen LogP contribution in [0.4, 0.5) is 10.1 Å². The van der Waals surface area contributed by atoms with E-state index >= 15 is 0 Å². The molecule has 0 saturated heterocycles. The van der Waals surface area contributed by atoms with Crippen molar-refractivity contribution in [2.45, 2.75) is 45.6 Å². The lowest BCUT2D eigenvalue weighted by Gasteiger charge is -2.35. The van der Waals surface area contributed by atoms with E-state index in [1.54, 1.807) is 12.1 Å². The van der Waals surface area contributed by atoms with Gasteiger partial charge in [0.15, 0.2) is 5.82 Å². The summed E-state index contributed by atoms with van der Waals surface area (Å²) in [6.45, 7) is 4.60. The molecule has 2 rings (SSSR count). The van der Waals surface area contributed by atoms with Crippen molar-refractivity contribution in [3.63, 3.8) is 0 Å². The summed E-state index contributed by atoms with van der Waals surface area (Å²) < 4.78 is 13.3. The van der Waals surface area contributed by atoms with Crippen LogP contribution in [0.2, 0.25) is 10.0 Å². The van der Waals surface area contributed by atoms with Crippen molar-refractivity contribution >= 4 is 28.9 Å². The summed E-state index contributed by atoms with van der Waals surface area (Å²) >= 11 is 11.6. The predicted octanol–water partition coefficient (Wildman–Crippen LogP) is 5.51. The fraction of sp³-hybridized carbons (Fsp3) is 0.571. The molecular formula is C14H18Cl2FN. The molecule has 0 heterocycles. The molecule has 1 fully saturated rings. The first kappa shape index (κ1) is 14.0. The molecule has 0 spiro atoms. The molecule has 1 nitrogen and oxygen atoms in total. The van der Waals surface area contributed by atoms with Crippen molar-refractivity contribution < 1.29 is 4.39 Å². The van der Waals surface area contributed by atoms with Crippen molar-refractivity contribution in [2.24, 2.45) is 5.41 Å². The molecule has 0 atom stereocenters. The van der Waals surface area contributed by atoms with E-state index in [-0.39, 0.29) is 10.0 Å². The van der Waals surface area contributed by atoms with Gasteiger partial charge in [-0.3, -0.25) is 0 Å². The Hall–Kier alpha value is -0.470. The fourth-order valence-electron chi connectivity index (χ4n) is 2.42. The molecule has 0 unspecified atom stereocenters. The summed E-state index contributed by atoms with van der Waals surface area (Å²) in [4.78, 5) is 0. The van der Waals surface area contributed by atoms with Crippen molar-refractivity contribution in [3.8, 4) is 0 Å². The summed E-state index contributed by atoms with van der Waals surface area (Å²) in [7, 11) is 0.